The highest BCUT2D eigenvalue weighted by Crippen LogP contribution is 2.34. The van der Waals surface area contributed by atoms with Crippen molar-refractivity contribution in [2.75, 3.05) is 11.4 Å². The molecule has 1 N–H and O–H groups in total. The van der Waals surface area contributed by atoms with Crippen LogP contribution < -0.4 is 14.4 Å². The zero-order valence-corrected chi connectivity index (χ0v) is 31.1. The minimum absolute atomic E-state index is 0.0631. The van der Waals surface area contributed by atoms with E-state index < -0.39 is 45.0 Å². The summed E-state index contributed by atoms with van der Waals surface area (Å²) in [6.45, 7) is 15.1. The maximum atomic E-state index is 14.3. The number of sulfonamides is 1. The van der Waals surface area contributed by atoms with Crippen LogP contribution in [0.1, 0.15) is 83.9 Å². The molecule has 0 aliphatic carbocycles. The number of methoxy groups -OCH3 is 1. The van der Waals surface area contributed by atoms with Crippen LogP contribution >= 0.6 is 11.3 Å². The molecule has 0 saturated heterocycles. The first-order valence-corrected chi connectivity index (χ1v) is 17.6. The second-order valence-electron chi connectivity index (χ2n) is 13.9. The largest absolute Gasteiger partial charge is 0.497 e. The lowest BCUT2D eigenvalue weighted by atomic mass is 10.1. The number of carbonyl (C=O) groups excluding carboxylic acids is 3. The predicted molar refractivity (Wildman–Crippen MR) is 187 cm³/mol. The summed E-state index contributed by atoms with van der Waals surface area (Å²) in [6.07, 6.45) is -1.81. The average molecular weight is 717 g/mol. The molecule has 2 aromatic carbocycles. The molecule has 0 aliphatic rings. The van der Waals surface area contributed by atoms with E-state index >= 15 is 0 Å². The van der Waals surface area contributed by atoms with Gasteiger partial charge in [-0.05, 0) is 97.7 Å². The topological polar surface area (TPSA) is 163 Å². The van der Waals surface area contributed by atoms with Crippen LogP contribution in [0.4, 0.5) is 14.6 Å². The Bertz CT molecular complexity index is 1760. The number of carbonyl (C=O) groups is 3. The summed E-state index contributed by atoms with van der Waals surface area (Å²) in [4.78, 5) is 46.2. The molecule has 0 bridgehead atoms. The van der Waals surface area contributed by atoms with Crippen molar-refractivity contribution >= 4 is 50.4 Å². The van der Waals surface area contributed by atoms with Crippen LogP contribution in [0.15, 0.2) is 63.9 Å². The van der Waals surface area contributed by atoms with Crippen molar-refractivity contribution in [1.82, 2.24) is 10.3 Å². The fourth-order valence-corrected chi connectivity index (χ4v) is 6.54. The molecule has 1 heterocycles. The molecule has 0 fully saturated rings. The van der Waals surface area contributed by atoms with Gasteiger partial charge < -0.3 is 18.9 Å². The van der Waals surface area contributed by atoms with E-state index in [0.717, 1.165) is 15.6 Å². The number of anilines is 1. The molecule has 0 radical (unpaired) electrons. The lowest BCUT2D eigenvalue weighted by Crippen LogP contribution is -2.38. The molecule has 0 aliphatic heterocycles. The molecular weight excluding hydrogens is 673 g/mol. The lowest BCUT2D eigenvalue weighted by molar-refractivity contribution is 0.00640. The third-order valence-electron chi connectivity index (χ3n) is 6.00. The van der Waals surface area contributed by atoms with E-state index in [1.165, 1.54) is 36.9 Å². The number of nitrogens with one attached hydrogen (secondary N) is 1. The summed E-state index contributed by atoms with van der Waals surface area (Å²) in [5.41, 5.74) is -0.0745. The number of thiazole rings is 1. The number of amides is 2. The van der Waals surface area contributed by atoms with E-state index in [4.69, 9.17) is 18.9 Å². The normalized spacial score (nSPS) is 12.6. The first-order valence-electron chi connectivity index (χ1n) is 15.3. The van der Waals surface area contributed by atoms with E-state index in [2.05, 4.69) is 15.3 Å². The molecule has 3 aromatic rings. The molecule has 266 valence electrons. The third kappa shape index (κ3) is 12.2. The van der Waals surface area contributed by atoms with Crippen molar-refractivity contribution in [3.63, 3.8) is 0 Å². The molecule has 1 aromatic heterocycles. The number of amidine groups is 1. The Balaban J connectivity index is 1.99. The molecular formula is C34H44N4O9S2. The van der Waals surface area contributed by atoms with E-state index in [1.807, 2.05) is 0 Å². The van der Waals surface area contributed by atoms with Crippen LogP contribution in [0.2, 0.25) is 0 Å². The summed E-state index contributed by atoms with van der Waals surface area (Å²) in [6, 6.07) is 12.7. The minimum atomic E-state index is -4.29. The maximum absolute atomic E-state index is 14.3. The number of hydrogen-bond acceptors (Lipinski definition) is 11. The number of hydrogen-bond donors (Lipinski definition) is 1. The molecule has 0 saturated carbocycles. The van der Waals surface area contributed by atoms with Gasteiger partial charge >= 0.3 is 18.2 Å². The summed E-state index contributed by atoms with van der Waals surface area (Å²) >= 11 is 0.989. The number of rotatable bonds is 9. The number of alkyl carbamates (subject to hydrolysis) is 1. The highest BCUT2D eigenvalue weighted by Gasteiger charge is 2.33. The van der Waals surface area contributed by atoms with Gasteiger partial charge in [0.15, 0.2) is 5.69 Å². The molecule has 0 spiro atoms. The number of esters is 1. The molecule has 0 atom stereocenters. The highest BCUT2D eigenvalue weighted by atomic mass is 32.2. The first-order chi connectivity index (χ1) is 22.6. The summed E-state index contributed by atoms with van der Waals surface area (Å²) in [7, 11) is -2.76. The van der Waals surface area contributed by atoms with Gasteiger partial charge in [-0.3, -0.25) is 9.62 Å². The standard InChI is InChI=1S/C34H44N4O9S2/c1-32(2,3)45-29(39)27-28(48-21-35-27)38(20-23-11-15-24(44-10)16-12-23)49(42,43)25-17-13-22(14-18-25)19-26(36-30(40)46-33(4,5)6)37-31(41)47-34(7,8)9/h11-18,21H,19-20H2,1-10H3,(H,36,37,40,41). The summed E-state index contributed by atoms with van der Waals surface area (Å²) in [5, 5.41) is 2.58. The van der Waals surface area contributed by atoms with Crippen molar-refractivity contribution in [2.45, 2.75) is 97.0 Å². The van der Waals surface area contributed by atoms with Gasteiger partial charge in [-0.2, -0.15) is 4.99 Å². The van der Waals surface area contributed by atoms with Crippen molar-refractivity contribution in [3.05, 3.63) is 70.9 Å². The fourth-order valence-electron chi connectivity index (χ4n) is 4.07. The van der Waals surface area contributed by atoms with Gasteiger partial charge in [-0.15, -0.1) is 11.3 Å². The van der Waals surface area contributed by atoms with E-state index in [-0.39, 0.29) is 34.4 Å². The smallest absolute Gasteiger partial charge is 0.435 e. The molecule has 49 heavy (non-hydrogen) atoms. The number of aliphatic imine (C=N–C) groups is 1. The fraction of sp³-hybridized carbons (Fsp3) is 0.441. The second-order valence-corrected chi connectivity index (χ2v) is 16.5. The minimum Gasteiger partial charge on any atom is -0.497 e. The first kappa shape index (κ1) is 38.9. The Kier molecular flexibility index (Phi) is 12.2. The summed E-state index contributed by atoms with van der Waals surface area (Å²) < 4.78 is 51.0. The molecule has 13 nitrogen and oxygen atoms in total. The zero-order chi connectivity index (χ0) is 36.8. The Hall–Kier alpha value is -4.50. The predicted octanol–water partition coefficient (Wildman–Crippen LogP) is 6.90. The van der Waals surface area contributed by atoms with Crippen molar-refractivity contribution < 1.29 is 41.7 Å². The van der Waals surface area contributed by atoms with Crippen molar-refractivity contribution in [1.29, 1.82) is 0 Å². The maximum Gasteiger partial charge on any atom is 0.435 e. The Morgan fingerprint density at radius 2 is 1.37 bits per heavy atom. The molecule has 15 heteroatoms. The number of benzene rings is 2. The van der Waals surface area contributed by atoms with Crippen molar-refractivity contribution in [2.24, 2.45) is 4.99 Å². The van der Waals surface area contributed by atoms with Crippen LogP contribution in [0, 0.1) is 0 Å². The van der Waals surface area contributed by atoms with Crippen LogP contribution in [0.5, 0.6) is 5.75 Å². The van der Waals surface area contributed by atoms with E-state index in [0.29, 0.717) is 16.9 Å². The molecule has 0 unspecified atom stereocenters. The van der Waals surface area contributed by atoms with Crippen LogP contribution in [0.25, 0.3) is 0 Å². The van der Waals surface area contributed by atoms with Gasteiger partial charge in [0.05, 0.1) is 24.1 Å². The SMILES string of the molecule is COc1ccc(CN(c2scnc2C(=O)OC(C)(C)C)S(=O)(=O)c2ccc(CC(=NC(=O)OC(C)(C)C)NC(=O)OC(C)(C)C)cc2)cc1. The summed E-state index contributed by atoms with van der Waals surface area (Å²) in [5.74, 6) is -0.230. The van der Waals surface area contributed by atoms with E-state index in [9.17, 15) is 22.8 Å². The van der Waals surface area contributed by atoms with Gasteiger partial charge in [0, 0.05) is 6.42 Å². The number of ether oxygens (including phenoxy) is 4. The Labute approximate surface area is 291 Å². The van der Waals surface area contributed by atoms with Crippen molar-refractivity contribution in [3.8, 4) is 5.75 Å². The van der Waals surface area contributed by atoms with Gasteiger partial charge in [0.1, 0.15) is 33.4 Å². The number of aromatic nitrogens is 1. The van der Waals surface area contributed by atoms with Gasteiger partial charge in [0.25, 0.3) is 10.0 Å². The van der Waals surface area contributed by atoms with Gasteiger partial charge in [-0.25, -0.2) is 27.8 Å². The van der Waals surface area contributed by atoms with Crippen LogP contribution in [-0.2, 0) is 37.2 Å². The zero-order valence-electron chi connectivity index (χ0n) is 29.4. The monoisotopic (exact) mass is 716 g/mol. The molecule has 2 amide bonds. The second kappa shape index (κ2) is 15.4. The Morgan fingerprint density at radius 3 is 1.90 bits per heavy atom. The highest BCUT2D eigenvalue weighted by molar-refractivity contribution is 7.93. The Morgan fingerprint density at radius 1 is 0.816 bits per heavy atom. The average Bonchev–Trinajstić information content (AvgIpc) is 3.43. The van der Waals surface area contributed by atoms with Crippen LogP contribution in [-0.4, -0.2) is 61.3 Å². The molecule has 3 rings (SSSR count). The van der Waals surface area contributed by atoms with Crippen LogP contribution in [0.3, 0.4) is 0 Å². The van der Waals surface area contributed by atoms with E-state index in [1.54, 1.807) is 86.6 Å². The number of nitrogens with zero attached hydrogens (tertiary/aromatic N) is 3. The quantitative estimate of drug-likeness (QED) is 0.107. The third-order valence-corrected chi connectivity index (χ3v) is 8.72. The van der Waals surface area contributed by atoms with Gasteiger partial charge in [0.2, 0.25) is 0 Å². The van der Waals surface area contributed by atoms with Gasteiger partial charge in [-0.1, -0.05) is 24.3 Å². The lowest BCUT2D eigenvalue weighted by Gasteiger charge is -2.25.